The standard InChI is InChI=1S/C47H51F2N13O4/c1-26-23-61(18-17-60(26)24-27-13-15-59(16-14-27)35-6-4-5-31-39(56-58(3)41(31)35)32-10-12-38(63)54-45(32)64)36-20-37(62-44(53-36)29(21-50)22-51-62)52-30-9-11-34-33(19-30)40-42(46(65)57(34)2)66-25-47(48,49)43(55-40)28-7-8-28/h4-6,9,11,19-20,22,26-28,32,43,52,55H,7-8,10,12-18,23-25H2,1-3H3,(H,54,63,64). The van der Waals surface area contributed by atoms with E-state index in [9.17, 15) is 19.6 Å². The van der Waals surface area contributed by atoms with Crippen molar-refractivity contribution >= 4 is 68.0 Å². The molecule has 19 heteroatoms. The quantitative estimate of drug-likeness (QED) is 0.169. The van der Waals surface area contributed by atoms with E-state index in [4.69, 9.17) is 14.8 Å². The van der Waals surface area contributed by atoms with Gasteiger partial charge in [0, 0.05) is 88.4 Å². The lowest BCUT2D eigenvalue weighted by atomic mass is 9.92. The lowest BCUT2D eigenvalue weighted by molar-refractivity contribution is -0.134. The van der Waals surface area contributed by atoms with Crippen LogP contribution in [0.4, 0.5) is 37.5 Å². The van der Waals surface area contributed by atoms with Crippen molar-refractivity contribution in [1.82, 2.24) is 39.2 Å². The van der Waals surface area contributed by atoms with E-state index >= 15 is 8.78 Å². The Morgan fingerprint density at radius 1 is 0.985 bits per heavy atom. The molecular weight excluding hydrogens is 849 g/mol. The summed E-state index contributed by atoms with van der Waals surface area (Å²) in [5.41, 5.74) is 4.55. The van der Waals surface area contributed by atoms with Crippen LogP contribution < -0.4 is 36.0 Å². The Morgan fingerprint density at radius 3 is 2.56 bits per heavy atom. The van der Waals surface area contributed by atoms with Crippen LogP contribution >= 0.6 is 0 Å². The molecule has 0 radical (unpaired) electrons. The molecular formula is C47H51F2N13O4. The summed E-state index contributed by atoms with van der Waals surface area (Å²) in [4.78, 5) is 50.2. The Kier molecular flexibility index (Phi) is 10.1. The molecule has 4 aromatic heterocycles. The molecule has 5 aliphatic rings. The number of nitriles is 1. The number of amides is 2. The van der Waals surface area contributed by atoms with Crippen LogP contribution in [0.25, 0.3) is 27.5 Å². The van der Waals surface area contributed by atoms with Gasteiger partial charge in [0.15, 0.2) is 12.3 Å². The van der Waals surface area contributed by atoms with Crippen LogP contribution in [0.1, 0.15) is 62.6 Å². The van der Waals surface area contributed by atoms with Gasteiger partial charge >= 0.3 is 5.92 Å². The molecule has 0 spiro atoms. The number of ether oxygens (including phenoxy) is 1. The second-order valence-electron chi connectivity index (χ2n) is 18.7. The van der Waals surface area contributed by atoms with Crippen molar-refractivity contribution in [1.29, 1.82) is 5.26 Å². The molecule has 1 aliphatic carbocycles. The first-order chi connectivity index (χ1) is 31.8. The van der Waals surface area contributed by atoms with Gasteiger partial charge in [-0.05, 0) is 75.1 Å². The van der Waals surface area contributed by atoms with Crippen LogP contribution in [0.15, 0.2) is 53.5 Å². The Morgan fingerprint density at radius 2 is 1.80 bits per heavy atom. The lowest BCUT2D eigenvalue weighted by Gasteiger charge is -2.43. The number of aromatic nitrogens is 6. The van der Waals surface area contributed by atoms with E-state index in [0.717, 1.165) is 74.4 Å². The number of carbonyl (C=O) groups excluding carboxylic acids is 2. The van der Waals surface area contributed by atoms with Crippen LogP contribution in [0, 0.1) is 23.2 Å². The van der Waals surface area contributed by atoms with Crippen LogP contribution in [-0.2, 0) is 23.7 Å². The van der Waals surface area contributed by atoms with Crippen molar-refractivity contribution in [2.75, 3.05) is 66.3 Å². The maximum atomic E-state index is 15.3. The third-order valence-electron chi connectivity index (χ3n) is 14.4. The third-order valence-corrected chi connectivity index (χ3v) is 14.4. The van der Waals surface area contributed by atoms with Gasteiger partial charge in [-0.3, -0.25) is 29.3 Å². The topological polar surface area (TPSA) is 183 Å². The number of nitrogens with zero attached hydrogens (tertiary/aromatic N) is 10. The van der Waals surface area contributed by atoms with Gasteiger partial charge in [0.2, 0.25) is 17.6 Å². The number of rotatable bonds is 8. The third kappa shape index (κ3) is 7.22. The average molecular weight is 900 g/mol. The van der Waals surface area contributed by atoms with E-state index in [-0.39, 0.29) is 35.2 Å². The maximum Gasteiger partial charge on any atom is 0.301 e. The van der Waals surface area contributed by atoms with Crippen molar-refractivity contribution in [2.24, 2.45) is 25.9 Å². The highest BCUT2D eigenvalue weighted by atomic mass is 19.3. The number of pyridine rings is 1. The molecule has 6 aromatic rings. The number of piperidine rings is 2. The molecule has 66 heavy (non-hydrogen) atoms. The molecule has 4 fully saturated rings. The van der Waals surface area contributed by atoms with Crippen LogP contribution in [0.3, 0.4) is 0 Å². The molecule has 3 atom stereocenters. The van der Waals surface area contributed by atoms with Gasteiger partial charge < -0.3 is 29.7 Å². The smallest absolute Gasteiger partial charge is 0.301 e. The first-order valence-corrected chi connectivity index (χ1v) is 22.9. The van der Waals surface area contributed by atoms with Gasteiger partial charge in [-0.25, -0.2) is 13.8 Å². The summed E-state index contributed by atoms with van der Waals surface area (Å²) in [5.74, 6) is -2.66. The van der Waals surface area contributed by atoms with Gasteiger partial charge in [0.25, 0.3) is 5.56 Å². The molecule has 17 nitrogen and oxygen atoms in total. The number of halogens is 2. The Labute approximate surface area is 378 Å². The number of fused-ring (bicyclic) bond motifs is 5. The minimum absolute atomic E-state index is 0.120. The summed E-state index contributed by atoms with van der Waals surface area (Å²) in [5, 5.41) is 29.9. The van der Waals surface area contributed by atoms with Crippen LogP contribution in [0.5, 0.6) is 5.75 Å². The highest BCUT2D eigenvalue weighted by Gasteiger charge is 2.51. The number of para-hydroxylation sites is 1. The summed E-state index contributed by atoms with van der Waals surface area (Å²) >= 11 is 0. The monoisotopic (exact) mass is 899 g/mol. The van der Waals surface area contributed by atoms with Crippen LogP contribution in [0.2, 0.25) is 0 Å². The minimum atomic E-state index is -3.15. The minimum Gasteiger partial charge on any atom is -0.480 e. The Balaban J connectivity index is 0.791. The van der Waals surface area contributed by atoms with E-state index in [0.29, 0.717) is 71.0 Å². The summed E-state index contributed by atoms with van der Waals surface area (Å²) < 4.78 is 41.1. The van der Waals surface area contributed by atoms with Crippen molar-refractivity contribution in [3.63, 3.8) is 0 Å². The van der Waals surface area contributed by atoms with Crippen molar-refractivity contribution in [2.45, 2.75) is 69.4 Å². The average Bonchev–Trinajstić information content (AvgIpc) is 4.00. The number of carbonyl (C=O) groups is 2. The Bertz CT molecular complexity index is 3050. The number of hydrogen-bond donors (Lipinski definition) is 3. The molecule has 8 heterocycles. The predicted octanol–water partition coefficient (Wildman–Crippen LogP) is 5.25. The first-order valence-electron chi connectivity index (χ1n) is 22.9. The summed E-state index contributed by atoms with van der Waals surface area (Å²) in [7, 11) is 3.53. The highest BCUT2D eigenvalue weighted by molar-refractivity contribution is 6.04. The molecule has 3 unspecified atom stereocenters. The van der Waals surface area contributed by atoms with Gasteiger partial charge in [-0.1, -0.05) is 12.1 Å². The zero-order chi connectivity index (χ0) is 45.6. The fourth-order valence-electron chi connectivity index (χ4n) is 10.7. The van der Waals surface area contributed by atoms with E-state index in [2.05, 4.69) is 54.8 Å². The lowest BCUT2D eigenvalue weighted by Crippen LogP contribution is -2.54. The fourth-order valence-corrected chi connectivity index (χ4v) is 10.7. The zero-order valence-corrected chi connectivity index (χ0v) is 37.1. The van der Waals surface area contributed by atoms with Crippen LogP contribution in [-0.4, -0.2) is 110 Å². The van der Waals surface area contributed by atoms with Crippen molar-refractivity contribution in [3.8, 4) is 11.8 Å². The van der Waals surface area contributed by atoms with E-state index in [1.807, 2.05) is 42.1 Å². The summed E-state index contributed by atoms with van der Waals surface area (Å²) in [6, 6.07) is 14.9. The number of alkyl halides is 2. The maximum absolute atomic E-state index is 15.3. The first kappa shape index (κ1) is 41.9. The molecule has 0 bridgehead atoms. The molecule has 2 amide bonds. The predicted molar refractivity (Wildman–Crippen MR) is 245 cm³/mol. The fraction of sp³-hybridized carbons (Fsp3) is 0.468. The number of nitrogens with one attached hydrogen (secondary N) is 3. The second kappa shape index (κ2) is 16.0. The van der Waals surface area contributed by atoms with Gasteiger partial charge in [-0.15, -0.1) is 0 Å². The van der Waals surface area contributed by atoms with Gasteiger partial charge in [0.05, 0.1) is 46.3 Å². The molecule has 3 N–H and O–H groups in total. The summed E-state index contributed by atoms with van der Waals surface area (Å²) in [6.45, 7) is 6.46. The van der Waals surface area contributed by atoms with Crippen molar-refractivity contribution < 1.29 is 23.1 Å². The van der Waals surface area contributed by atoms with E-state index < -0.39 is 30.0 Å². The molecule has 1 saturated carbocycles. The number of anilines is 5. The van der Waals surface area contributed by atoms with Gasteiger partial charge in [0.1, 0.15) is 23.3 Å². The number of benzene rings is 2. The number of imide groups is 1. The van der Waals surface area contributed by atoms with Crippen molar-refractivity contribution in [3.05, 3.63) is 70.3 Å². The largest absolute Gasteiger partial charge is 0.480 e. The zero-order valence-electron chi connectivity index (χ0n) is 37.1. The number of hydrogen-bond acceptors (Lipinski definition) is 13. The molecule has 3 saturated heterocycles. The molecule has 11 rings (SSSR count). The number of piperazine rings is 1. The summed E-state index contributed by atoms with van der Waals surface area (Å²) in [6.07, 6.45) is 5.71. The Hall–Kier alpha value is -6.81. The SMILES string of the molecule is CC1CN(c2cc(Nc3ccc4c(c3)c3c(c(=O)n4C)OCC(F)(F)C(C4CC4)N3)n3ncc(C#N)c3n2)CCN1CC1CCN(c2cccc3c(C4CCC(=O)NC4=O)nn(C)c23)CC1. The van der Waals surface area contributed by atoms with Gasteiger partial charge in [-0.2, -0.15) is 20.0 Å². The highest BCUT2D eigenvalue weighted by Crippen LogP contribution is 2.46. The molecule has 342 valence electrons. The molecule has 4 aliphatic heterocycles. The second-order valence-corrected chi connectivity index (χ2v) is 18.7. The number of aryl methyl sites for hydroxylation is 2. The normalized spacial score (nSPS) is 22.8. The van der Waals surface area contributed by atoms with E-state index in [1.54, 1.807) is 17.6 Å². The molecule has 2 aromatic carbocycles. The van der Waals surface area contributed by atoms with E-state index in [1.165, 1.54) is 10.8 Å².